The molecule has 1 heterocycles. The largest absolute Gasteiger partial charge is 0.436 e. The maximum atomic E-state index is 5.87. The van der Waals surface area contributed by atoms with Gasteiger partial charge in [0.15, 0.2) is 11.5 Å². The highest BCUT2D eigenvalue weighted by atomic mass is 16.3. The first-order valence-electron chi connectivity index (χ1n) is 8.41. The van der Waals surface area contributed by atoms with Crippen LogP contribution in [0, 0.1) is 0 Å². The molecule has 7 nitrogen and oxygen atoms in total. The van der Waals surface area contributed by atoms with Crippen molar-refractivity contribution in [1.29, 1.82) is 0 Å². The van der Waals surface area contributed by atoms with Gasteiger partial charge in [-0.1, -0.05) is 19.9 Å². The lowest BCUT2D eigenvalue weighted by molar-refractivity contribution is 0.619. The number of rotatable bonds is 4. The molecule has 0 aliphatic carbocycles. The van der Waals surface area contributed by atoms with Crippen LogP contribution in [0.25, 0.3) is 22.6 Å². The number of hydrogen-bond donors (Lipinski definition) is 3. The molecule has 0 amide bonds. The van der Waals surface area contributed by atoms with Gasteiger partial charge in [-0.05, 0) is 54.3 Å². The van der Waals surface area contributed by atoms with Crippen molar-refractivity contribution in [2.45, 2.75) is 26.2 Å². The fourth-order valence-corrected chi connectivity index (χ4v) is 2.58. The number of aromatic nitrogens is 1. The van der Waals surface area contributed by atoms with Crippen LogP contribution in [0.15, 0.2) is 56.9 Å². The summed E-state index contributed by atoms with van der Waals surface area (Å²) in [6.07, 6.45) is 1.08. The topological polar surface area (TPSA) is 129 Å². The molecule has 0 aliphatic rings. The fourth-order valence-electron chi connectivity index (χ4n) is 2.58. The molecule has 26 heavy (non-hydrogen) atoms. The molecule has 3 aromatic rings. The van der Waals surface area contributed by atoms with Gasteiger partial charge in [0.25, 0.3) is 0 Å². The minimum Gasteiger partial charge on any atom is -0.436 e. The zero-order chi connectivity index (χ0) is 18.7. The quantitative estimate of drug-likeness (QED) is 0.491. The number of nitrogens with zero attached hydrogens (tertiary/aromatic N) is 3. The van der Waals surface area contributed by atoms with Crippen molar-refractivity contribution in [3.63, 3.8) is 0 Å². The molecule has 0 aliphatic heterocycles. The van der Waals surface area contributed by atoms with E-state index in [-0.39, 0.29) is 11.9 Å². The van der Waals surface area contributed by atoms with Gasteiger partial charge in [-0.2, -0.15) is 4.99 Å². The molecular weight excluding hydrogens is 328 g/mol. The van der Waals surface area contributed by atoms with Crippen LogP contribution >= 0.6 is 0 Å². The summed E-state index contributed by atoms with van der Waals surface area (Å²) in [7, 11) is 0. The van der Waals surface area contributed by atoms with Crippen molar-refractivity contribution in [2.75, 3.05) is 0 Å². The van der Waals surface area contributed by atoms with Gasteiger partial charge in [0, 0.05) is 5.56 Å². The molecule has 1 aromatic heterocycles. The highest BCUT2D eigenvalue weighted by molar-refractivity contribution is 5.93. The Kier molecular flexibility index (Phi) is 4.88. The van der Waals surface area contributed by atoms with Gasteiger partial charge in [-0.15, -0.1) is 0 Å². The van der Waals surface area contributed by atoms with Crippen LogP contribution in [0.5, 0.6) is 0 Å². The second kappa shape index (κ2) is 7.26. The Balaban J connectivity index is 1.88. The molecule has 0 radical (unpaired) electrons. The maximum Gasteiger partial charge on any atom is 0.227 e. The summed E-state index contributed by atoms with van der Waals surface area (Å²) >= 11 is 0. The molecule has 0 saturated carbocycles. The van der Waals surface area contributed by atoms with Crippen molar-refractivity contribution in [1.82, 2.24) is 4.98 Å². The Labute approximate surface area is 151 Å². The van der Waals surface area contributed by atoms with Crippen molar-refractivity contribution >= 4 is 28.7 Å². The number of hydrogen-bond acceptors (Lipinski definition) is 3. The average molecular weight is 350 g/mol. The average Bonchev–Trinajstić information content (AvgIpc) is 3.04. The summed E-state index contributed by atoms with van der Waals surface area (Å²) in [5.41, 5.74) is 20.5. The zero-order valence-corrected chi connectivity index (χ0v) is 14.8. The molecule has 0 fully saturated rings. The Bertz CT molecular complexity index is 967. The lowest BCUT2D eigenvalue weighted by Gasteiger charge is -2.07. The van der Waals surface area contributed by atoms with Gasteiger partial charge in [-0.3, -0.25) is 0 Å². The minimum absolute atomic E-state index is 0.00261. The summed E-state index contributed by atoms with van der Waals surface area (Å²) in [5, 5.41) is 0. The van der Waals surface area contributed by atoms with Crippen LogP contribution in [-0.4, -0.2) is 16.9 Å². The molecule has 0 bridgehead atoms. The van der Waals surface area contributed by atoms with Gasteiger partial charge in [0.2, 0.25) is 11.9 Å². The summed E-state index contributed by atoms with van der Waals surface area (Å²) in [4.78, 5) is 12.4. The van der Waals surface area contributed by atoms with E-state index in [9.17, 15) is 0 Å². The summed E-state index contributed by atoms with van der Waals surface area (Å²) in [6, 6.07) is 13.5. The van der Waals surface area contributed by atoms with Crippen LogP contribution in [-0.2, 0) is 0 Å². The number of aliphatic imine (C=N–C) groups is 2. The molecular formula is C19H22N6O. The van der Waals surface area contributed by atoms with Crippen LogP contribution in [0.2, 0.25) is 0 Å². The predicted molar refractivity (Wildman–Crippen MR) is 105 cm³/mol. The van der Waals surface area contributed by atoms with Crippen LogP contribution < -0.4 is 17.2 Å². The molecule has 7 heteroatoms. The Morgan fingerprint density at radius 3 is 2.50 bits per heavy atom. The monoisotopic (exact) mass is 350 g/mol. The number of fused-ring (bicyclic) bond motifs is 1. The van der Waals surface area contributed by atoms with Crippen molar-refractivity contribution in [3.05, 3.63) is 48.0 Å². The second-order valence-electron chi connectivity index (χ2n) is 6.11. The smallest absolute Gasteiger partial charge is 0.227 e. The number of guanidine groups is 2. The summed E-state index contributed by atoms with van der Waals surface area (Å²) < 4.78 is 5.87. The predicted octanol–water partition coefficient (Wildman–Crippen LogP) is 3.23. The summed E-state index contributed by atoms with van der Waals surface area (Å²) in [5.74, 6) is 0.921. The third-order valence-corrected chi connectivity index (χ3v) is 4.19. The van der Waals surface area contributed by atoms with Gasteiger partial charge in [0.1, 0.15) is 5.52 Å². The number of benzene rings is 2. The van der Waals surface area contributed by atoms with E-state index in [1.54, 1.807) is 12.1 Å². The standard InChI is InChI=1S/C19H22N6O/c1-3-11(2)13-6-9-16-15(10-13)24-17(26-16)12-4-7-14(8-5-12)23-19(22)25-18(20)21/h4-11H,3H2,1-2H3,(H6,20,21,22,23,25). The molecule has 6 N–H and O–H groups in total. The van der Waals surface area contributed by atoms with E-state index in [1.807, 2.05) is 18.2 Å². The van der Waals surface area contributed by atoms with E-state index >= 15 is 0 Å². The number of nitrogens with two attached hydrogens (primary N) is 3. The second-order valence-corrected chi connectivity index (χ2v) is 6.11. The van der Waals surface area contributed by atoms with E-state index < -0.39 is 0 Å². The molecule has 1 atom stereocenters. The normalized spacial score (nSPS) is 12.9. The number of oxazole rings is 1. The zero-order valence-electron chi connectivity index (χ0n) is 14.8. The van der Waals surface area contributed by atoms with E-state index in [1.165, 1.54) is 5.56 Å². The van der Waals surface area contributed by atoms with E-state index in [0.717, 1.165) is 23.1 Å². The summed E-state index contributed by atoms with van der Waals surface area (Å²) in [6.45, 7) is 4.38. The third-order valence-electron chi connectivity index (χ3n) is 4.19. The lowest BCUT2D eigenvalue weighted by Crippen LogP contribution is -2.26. The van der Waals surface area contributed by atoms with Crippen molar-refractivity contribution in [2.24, 2.45) is 27.2 Å². The van der Waals surface area contributed by atoms with Crippen LogP contribution in [0.3, 0.4) is 0 Å². The molecule has 0 spiro atoms. The van der Waals surface area contributed by atoms with Gasteiger partial charge in [-0.25, -0.2) is 9.98 Å². The van der Waals surface area contributed by atoms with Crippen LogP contribution in [0.4, 0.5) is 5.69 Å². The molecule has 3 rings (SSSR count). The van der Waals surface area contributed by atoms with Gasteiger partial charge >= 0.3 is 0 Å². The third kappa shape index (κ3) is 3.83. The molecule has 1 unspecified atom stereocenters. The first kappa shape index (κ1) is 17.5. The fraction of sp³-hybridized carbons (Fsp3) is 0.211. The highest BCUT2D eigenvalue weighted by Gasteiger charge is 2.11. The highest BCUT2D eigenvalue weighted by Crippen LogP contribution is 2.28. The molecule has 0 saturated heterocycles. The maximum absolute atomic E-state index is 5.87. The Hall–Kier alpha value is -3.35. The first-order chi connectivity index (χ1) is 12.5. The first-order valence-corrected chi connectivity index (χ1v) is 8.41. The van der Waals surface area contributed by atoms with Crippen LogP contribution in [0.1, 0.15) is 31.7 Å². The van der Waals surface area contributed by atoms with Gasteiger partial charge in [0.05, 0.1) is 5.69 Å². The van der Waals surface area contributed by atoms with E-state index in [0.29, 0.717) is 17.5 Å². The molecule has 134 valence electrons. The van der Waals surface area contributed by atoms with Crippen molar-refractivity contribution < 1.29 is 4.42 Å². The Morgan fingerprint density at radius 1 is 1.12 bits per heavy atom. The lowest BCUT2D eigenvalue weighted by atomic mass is 9.98. The van der Waals surface area contributed by atoms with E-state index in [2.05, 4.69) is 40.9 Å². The Morgan fingerprint density at radius 2 is 1.85 bits per heavy atom. The minimum atomic E-state index is -0.133. The molecule has 2 aromatic carbocycles. The van der Waals surface area contributed by atoms with E-state index in [4.69, 9.17) is 21.6 Å². The van der Waals surface area contributed by atoms with Gasteiger partial charge < -0.3 is 21.6 Å². The SMILES string of the molecule is CCC(C)c1ccc2oc(-c3ccc(N=C(N)N=C(N)N)cc3)nc2c1. The van der Waals surface area contributed by atoms with Crippen molar-refractivity contribution in [3.8, 4) is 11.5 Å².